The molecule has 2 saturated carbocycles. The molecule has 6 unspecified atom stereocenters. The lowest BCUT2D eigenvalue weighted by Gasteiger charge is -2.50. The smallest absolute Gasteiger partial charge is 0.134 e. The standard InChI is InChI=1S/C21H30O3/c22-13-20(9-15-1-5-17(20)6-2-15)11-19(24)12-21(14-23)10-16-3-7-18(21)8-4-16/h1,3,5,7,15-18,22-23H,2,4,6,8-14H2. The molecule has 0 aromatic carbocycles. The van der Waals surface area contributed by atoms with E-state index in [2.05, 4.69) is 24.3 Å². The van der Waals surface area contributed by atoms with Crippen molar-refractivity contribution < 1.29 is 15.0 Å². The minimum atomic E-state index is -0.241. The molecular weight excluding hydrogens is 300 g/mol. The zero-order valence-corrected chi connectivity index (χ0v) is 14.5. The van der Waals surface area contributed by atoms with E-state index in [-0.39, 0.29) is 29.8 Å². The predicted molar refractivity (Wildman–Crippen MR) is 93.2 cm³/mol. The number of hydrogen-bond donors (Lipinski definition) is 2. The summed E-state index contributed by atoms with van der Waals surface area (Å²) in [6, 6.07) is 0. The predicted octanol–water partition coefficient (Wildman–Crippen LogP) is 3.27. The number of carbonyl (C=O) groups is 1. The monoisotopic (exact) mass is 330 g/mol. The van der Waals surface area contributed by atoms with Gasteiger partial charge >= 0.3 is 0 Å². The number of Topliss-reactive ketones (excluding diaryl/α,β-unsaturated/α-hetero) is 1. The fourth-order valence-corrected chi connectivity index (χ4v) is 6.19. The summed E-state index contributed by atoms with van der Waals surface area (Å²) in [5, 5.41) is 20.2. The molecule has 0 radical (unpaired) electrons. The van der Waals surface area contributed by atoms with Crippen LogP contribution >= 0.6 is 0 Å². The number of aliphatic hydroxyl groups is 2. The molecular formula is C21H30O3. The van der Waals surface area contributed by atoms with Crippen molar-refractivity contribution in [2.45, 2.75) is 51.4 Å². The average molecular weight is 330 g/mol. The van der Waals surface area contributed by atoms with Gasteiger partial charge < -0.3 is 10.2 Å². The van der Waals surface area contributed by atoms with Crippen molar-refractivity contribution in [2.75, 3.05) is 13.2 Å². The number of allylic oxidation sites excluding steroid dienone is 4. The fourth-order valence-electron chi connectivity index (χ4n) is 6.19. The Labute approximate surface area is 144 Å². The van der Waals surface area contributed by atoms with Gasteiger partial charge in [0, 0.05) is 36.9 Å². The Bertz CT molecular complexity index is 517. The van der Waals surface area contributed by atoms with Crippen LogP contribution in [-0.2, 0) is 4.79 Å². The van der Waals surface area contributed by atoms with Crippen LogP contribution < -0.4 is 0 Å². The molecule has 0 aliphatic heterocycles. The second-order valence-electron chi connectivity index (χ2n) is 9.00. The summed E-state index contributed by atoms with van der Waals surface area (Å²) in [4.78, 5) is 13.0. The molecule has 4 bridgehead atoms. The minimum absolute atomic E-state index is 0.113. The van der Waals surface area contributed by atoms with E-state index >= 15 is 0 Å². The molecule has 2 fully saturated rings. The van der Waals surface area contributed by atoms with Crippen molar-refractivity contribution in [2.24, 2.45) is 34.5 Å². The van der Waals surface area contributed by atoms with E-state index in [9.17, 15) is 15.0 Å². The molecule has 2 N–H and O–H groups in total. The molecule has 0 aromatic heterocycles. The number of carbonyl (C=O) groups excluding carboxylic acids is 1. The average Bonchev–Trinajstić information content (AvgIpc) is 2.63. The second-order valence-corrected chi connectivity index (χ2v) is 9.00. The first-order valence-corrected chi connectivity index (χ1v) is 9.69. The van der Waals surface area contributed by atoms with Crippen molar-refractivity contribution in [1.29, 1.82) is 0 Å². The molecule has 0 saturated heterocycles. The van der Waals surface area contributed by atoms with E-state index in [0.717, 1.165) is 25.7 Å². The van der Waals surface area contributed by atoms with Gasteiger partial charge in [0.05, 0.1) is 0 Å². The number of fused-ring (bicyclic) bond motifs is 4. The third-order valence-corrected chi connectivity index (χ3v) is 7.57. The summed E-state index contributed by atoms with van der Waals surface area (Å²) in [5.41, 5.74) is -0.482. The van der Waals surface area contributed by atoms with Crippen LogP contribution in [0.3, 0.4) is 0 Å². The molecule has 6 aliphatic rings. The van der Waals surface area contributed by atoms with Gasteiger partial charge in [-0.2, -0.15) is 0 Å². The Morgan fingerprint density at radius 2 is 1.25 bits per heavy atom. The highest BCUT2D eigenvalue weighted by Gasteiger charge is 2.49. The first-order valence-electron chi connectivity index (χ1n) is 9.69. The largest absolute Gasteiger partial charge is 0.396 e. The number of hydrogen-bond acceptors (Lipinski definition) is 3. The Balaban J connectivity index is 1.48. The van der Waals surface area contributed by atoms with Crippen molar-refractivity contribution >= 4 is 5.78 Å². The topological polar surface area (TPSA) is 57.5 Å². The van der Waals surface area contributed by atoms with Crippen LogP contribution in [0.1, 0.15) is 51.4 Å². The first-order chi connectivity index (χ1) is 11.6. The van der Waals surface area contributed by atoms with Gasteiger partial charge in [-0.25, -0.2) is 0 Å². The van der Waals surface area contributed by atoms with Crippen molar-refractivity contribution in [3.63, 3.8) is 0 Å². The molecule has 0 amide bonds. The highest BCUT2D eigenvalue weighted by molar-refractivity contribution is 5.80. The van der Waals surface area contributed by atoms with E-state index in [1.807, 2.05) is 0 Å². The third-order valence-electron chi connectivity index (χ3n) is 7.57. The van der Waals surface area contributed by atoms with Crippen LogP contribution in [0.2, 0.25) is 0 Å². The van der Waals surface area contributed by atoms with Gasteiger partial charge in [0.25, 0.3) is 0 Å². The minimum Gasteiger partial charge on any atom is -0.396 e. The van der Waals surface area contributed by atoms with Gasteiger partial charge in [-0.1, -0.05) is 24.3 Å². The summed E-state index contributed by atoms with van der Waals surface area (Å²) >= 11 is 0. The number of aliphatic hydroxyl groups excluding tert-OH is 2. The van der Waals surface area contributed by atoms with E-state index in [1.54, 1.807) is 0 Å². The Morgan fingerprint density at radius 3 is 1.50 bits per heavy atom. The summed E-state index contributed by atoms with van der Waals surface area (Å²) in [5.74, 6) is 2.03. The maximum absolute atomic E-state index is 13.0. The molecule has 3 heteroatoms. The van der Waals surface area contributed by atoms with Crippen molar-refractivity contribution in [1.82, 2.24) is 0 Å². The quantitative estimate of drug-likeness (QED) is 0.735. The van der Waals surface area contributed by atoms with Gasteiger partial charge in [0.2, 0.25) is 0 Å². The van der Waals surface area contributed by atoms with Crippen LogP contribution in [-0.4, -0.2) is 29.2 Å². The molecule has 3 nitrogen and oxygen atoms in total. The number of rotatable bonds is 6. The fraction of sp³-hybridized carbons (Fsp3) is 0.762. The van der Waals surface area contributed by atoms with Crippen LogP contribution in [0, 0.1) is 34.5 Å². The lowest BCUT2D eigenvalue weighted by atomic mass is 9.55. The normalized spacial score (nSPS) is 45.8. The van der Waals surface area contributed by atoms with Gasteiger partial charge in [-0.05, 0) is 62.2 Å². The molecule has 24 heavy (non-hydrogen) atoms. The Morgan fingerprint density at radius 1 is 0.792 bits per heavy atom. The lowest BCUT2D eigenvalue weighted by molar-refractivity contribution is -0.130. The van der Waals surface area contributed by atoms with Crippen LogP contribution in [0.5, 0.6) is 0 Å². The van der Waals surface area contributed by atoms with Crippen LogP contribution in [0.4, 0.5) is 0 Å². The van der Waals surface area contributed by atoms with Crippen LogP contribution in [0.15, 0.2) is 24.3 Å². The first kappa shape index (κ1) is 16.5. The molecule has 0 aromatic rings. The lowest BCUT2D eigenvalue weighted by Crippen LogP contribution is -2.46. The molecule has 6 aliphatic carbocycles. The summed E-state index contributed by atoms with van der Waals surface area (Å²) in [6.45, 7) is 0.227. The van der Waals surface area contributed by atoms with Gasteiger partial charge in [0.1, 0.15) is 5.78 Å². The maximum atomic E-state index is 13.0. The molecule has 0 heterocycles. The van der Waals surface area contributed by atoms with E-state index < -0.39 is 0 Å². The summed E-state index contributed by atoms with van der Waals surface area (Å²) < 4.78 is 0. The summed E-state index contributed by atoms with van der Waals surface area (Å²) in [6.07, 6.45) is 16.5. The Kier molecular flexibility index (Phi) is 4.20. The van der Waals surface area contributed by atoms with Crippen LogP contribution in [0.25, 0.3) is 0 Å². The zero-order valence-electron chi connectivity index (χ0n) is 14.5. The highest BCUT2D eigenvalue weighted by Crippen LogP contribution is 2.54. The van der Waals surface area contributed by atoms with Crippen molar-refractivity contribution in [3.05, 3.63) is 24.3 Å². The molecule has 6 atom stereocenters. The maximum Gasteiger partial charge on any atom is 0.134 e. The van der Waals surface area contributed by atoms with Gasteiger partial charge in [-0.3, -0.25) is 4.79 Å². The SMILES string of the molecule is O=C(CC1(CO)CC2C=CC1CC2)CC1(CO)CC2C=CC1CC2. The molecule has 132 valence electrons. The van der Waals surface area contributed by atoms with Crippen molar-refractivity contribution in [3.8, 4) is 0 Å². The summed E-state index contributed by atoms with van der Waals surface area (Å²) in [7, 11) is 0. The van der Waals surface area contributed by atoms with Gasteiger partial charge in [0.15, 0.2) is 0 Å². The molecule has 0 spiro atoms. The highest BCUT2D eigenvalue weighted by atomic mass is 16.3. The van der Waals surface area contributed by atoms with E-state index in [0.29, 0.717) is 36.5 Å². The zero-order chi connectivity index (χ0) is 16.8. The van der Waals surface area contributed by atoms with E-state index in [1.165, 1.54) is 12.8 Å². The second kappa shape index (κ2) is 6.10. The molecule has 6 rings (SSSR count). The number of ketones is 1. The van der Waals surface area contributed by atoms with Gasteiger partial charge in [-0.15, -0.1) is 0 Å². The third kappa shape index (κ3) is 2.61. The Hall–Kier alpha value is -0.930. The van der Waals surface area contributed by atoms with E-state index in [4.69, 9.17) is 0 Å².